The zero-order valence-corrected chi connectivity index (χ0v) is 15.6. The Morgan fingerprint density at radius 1 is 1.08 bits per heavy atom. The lowest BCUT2D eigenvalue weighted by Crippen LogP contribution is -2.38. The first kappa shape index (κ1) is 19.5. The first-order valence-corrected chi connectivity index (χ1v) is 9.64. The van der Waals surface area contributed by atoms with E-state index in [1.54, 1.807) is 12.1 Å². The largest absolute Gasteiger partial charge is 0.494 e. The molecular formula is C21H31NO3. The first-order chi connectivity index (χ1) is 12.1. The fraction of sp³-hybridized carbons (Fsp3) is 0.619. The molecule has 0 aromatic heterocycles. The number of likely N-dealkylation sites (tertiary alicyclic amines) is 1. The van der Waals surface area contributed by atoms with E-state index in [0.717, 1.165) is 38.1 Å². The standard InChI is InChI=1S/C21H31NO3/c1-3-4-5-16-25-19-8-6-18(7-9-19)20(23)10-11-21(24)22-14-12-17(2)13-15-22/h6-9,17H,3-5,10-16H2,1-2H3. The summed E-state index contributed by atoms with van der Waals surface area (Å²) in [5.74, 6) is 1.63. The number of Topliss-reactive ketones (excluding diaryl/α,β-unsaturated/α-hetero) is 1. The summed E-state index contributed by atoms with van der Waals surface area (Å²) < 4.78 is 5.66. The van der Waals surface area contributed by atoms with Gasteiger partial charge in [0.25, 0.3) is 0 Å². The Morgan fingerprint density at radius 2 is 1.76 bits per heavy atom. The highest BCUT2D eigenvalue weighted by Gasteiger charge is 2.20. The highest BCUT2D eigenvalue weighted by Crippen LogP contribution is 2.18. The fourth-order valence-electron chi connectivity index (χ4n) is 3.06. The van der Waals surface area contributed by atoms with E-state index in [0.29, 0.717) is 24.5 Å². The molecule has 1 amide bonds. The van der Waals surface area contributed by atoms with E-state index < -0.39 is 0 Å². The average Bonchev–Trinajstić information content (AvgIpc) is 2.64. The van der Waals surface area contributed by atoms with Crippen molar-refractivity contribution in [3.63, 3.8) is 0 Å². The van der Waals surface area contributed by atoms with Gasteiger partial charge in [-0.25, -0.2) is 0 Å². The predicted octanol–water partition coefficient (Wildman–Crippen LogP) is 4.48. The Hall–Kier alpha value is -1.84. The van der Waals surface area contributed by atoms with Crippen LogP contribution in [0.15, 0.2) is 24.3 Å². The van der Waals surface area contributed by atoms with E-state index in [9.17, 15) is 9.59 Å². The van der Waals surface area contributed by atoms with E-state index in [4.69, 9.17) is 4.74 Å². The van der Waals surface area contributed by atoms with Gasteiger partial charge < -0.3 is 9.64 Å². The Morgan fingerprint density at radius 3 is 2.40 bits per heavy atom. The Labute approximate surface area is 151 Å². The number of nitrogens with zero attached hydrogens (tertiary/aromatic N) is 1. The normalized spacial score (nSPS) is 15.2. The molecule has 0 radical (unpaired) electrons. The van der Waals surface area contributed by atoms with Crippen molar-refractivity contribution < 1.29 is 14.3 Å². The highest BCUT2D eigenvalue weighted by atomic mass is 16.5. The number of ether oxygens (including phenoxy) is 1. The van der Waals surface area contributed by atoms with E-state index in [-0.39, 0.29) is 18.1 Å². The summed E-state index contributed by atoms with van der Waals surface area (Å²) in [6.07, 6.45) is 6.12. The summed E-state index contributed by atoms with van der Waals surface area (Å²) in [7, 11) is 0. The number of piperidine rings is 1. The van der Waals surface area contributed by atoms with Crippen LogP contribution in [0.25, 0.3) is 0 Å². The molecule has 1 aromatic carbocycles. The monoisotopic (exact) mass is 345 g/mol. The van der Waals surface area contributed by atoms with E-state index in [1.165, 1.54) is 12.8 Å². The van der Waals surface area contributed by atoms with Crippen molar-refractivity contribution in [1.82, 2.24) is 4.90 Å². The Bertz CT molecular complexity index is 545. The number of hydrogen-bond acceptors (Lipinski definition) is 3. The van der Waals surface area contributed by atoms with Gasteiger partial charge in [-0.2, -0.15) is 0 Å². The van der Waals surface area contributed by atoms with Crippen LogP contribution in [0.3, 0.4) is 0 Å². The van der Waals surface area contributed by atoms with Crippen LogP contribution in [0, 0.1) is 5.92 Å². The van der Waals surface area contributed by atoms with Gasteiger partial charge in [-0.3, -0.25) is 9.59 Å². The highest BCUT2D eigenvalue weighted by molar-refractivity contribution is 5.98. The maximum atomic E-state index is 12.3. The molecule has 0 aliphatic carbocycles. The molecule has 4 nitrogen and oxygen atoms in total. The smallest absolute Gasteiger partial charge is 0.223 e. The molecule has 0 bridgehead atoms. The number of ketones is 1. The van der Waals surface area contributed by atoms with Gasteiger partial charge >= 0.3 is 0 Å². The maximum absolute atomic E-state index is 12.3. The minimum absolute atomic E-state index is 0.0243. The maximum Gasteiger partial charge on any atom is 0.223 e. The predicted molar refractivity (Wildman–Crippen MR) is 100 cm³/mol. The van der Waals surface area contributed by atoms with Gasteiger partial charge in [0.2, 0.25) is 5.91 Å². The van der Waals surface area contributed by atoms with Gasteiger partial charge in [-0.05, 0) is 49.4 Å². The summed E-state index contributed by atoms with van der Waals surface area (Å²) in [6, 6.07) is 7.27. The molecule has 1 aliphatic rings. The number of benzene rings is 1. The van der Waals surface area contributed by atoms with Crippen molar-refractivity contribution in [3.05, 3.63) is 29.8 Å². The molecule has 138 valence electrons. The van der Waals surface area contributed by atoms with Crippen LogP contribution in [0.4, 0.5) is 0 Å². The Balaban J connectivity index is 1.74. The molecule has 1 aromatic rings. The fourth-order valence-corrected chi connectivity index (χ4v) is 3.06. The molecule has 1 fully saturated rings. The summed E-state index contributed by atoms with van der Waals surface area (Å²) in [5, 5.41) is 0. The lowest BCUT2D eigenvalue weighted by atomic mass is 9.98. The summed E-state index contributed by atoms with van der Waals surface area (Å²) >= 11 is 0. The molecule has 1 heterocycles. The molecule has 0 unspecified atom stereocenters. The molecule has 0 atom stereocenters. The van der Waals surface area contributed by atoms with E-state index >= 15 is 0 Å². The second kappa shape index (κ2) is 10.2. The minimum Gasteiger partial charge on any atom is -0.494 e. The van der Waals surface area contributed by atoms with Crippen LogP contribution in [-0.4, -0.2) is 36.3 Å². The van der Waals surface area contributed by atoms with Gasteiger partial charge in [-0.1, -0.05) is 26.7 Å². The SMILES string of the molecule is CCCCCOc1ccc(C(=O)CCC(=O)N2CCC(C)CC2)cc1. The molecular weight excluding hydrogens is 314 g/mol. The molecule has 0 spiro atoms. The van der Waals surface area contributed by atoms with E-state index in [2.05, 4.69) is 13.8 Å². The molecule has 0 N–H and O–H groups in total. The molecule has 1 saturated heterocycles. The second-order valence-electron chi connectivity index (χ2n) is 7.07. The van der Waals surface area contributed by atoms with Crippen LogP contribution in [0.5, 0.6) is 5.75 Å². The number of hydrogen-bond donors (Lipinski definition) is 0. The zero-order valence-electron chi connectivity index (χ0n) is 15.6. The number of carbonyl (C=O) groups excluding carboxylic acids is 2. The lowest BCUT2D eigenvalue weighted by Gasteiger charge is -2.30. The summed E-state index contributed by atoms with van der Waals surface area (Å²) in [4.78, 5) is 26.4. The van der Waals surface area contributed by atoms with Gasteiger partial charge in [0.1, 0.15) is 5.75 Å². The van der Waals surface area contributed by atoms with Crippen LogP contribution >= 0.6 is 0 Å². The van der Waals surface area contributed by atoms with Crippen LogP contribution in [0.2, 0.25) is 0 Å². The van der Waals surface area contributed by atoms with Crippen molar-refractivity contribution >= 4 is 11.7 Å². The summed E-state index contributed by atoms with van der Waals surface area (Å²) in [5.41, 5.74) is 0.654. The number of rotatable bonds is 9. The van der Waals surface area contributed by atoms with E-state index in [1.807, 2.05) is 17.0 Å². The van der Waals surface area contributed by atoms with Crippen molar-refractivity contribution in [2.24, 2.45) is 5.92 Å². The third-order valence-corrected chi connectivity index (χ3v) is 4.90. The van der Waals surface area contributed by atoms with Gasteiger partial charge in [0, 0.05) is 31.5 Å². The van der Waals surface area contributed by atoms with Gasteiger partial charge in [0.05, 0.1) is 6.61 Å². The second-order valence-corrected chi connectivity index (χ2v) is 7.07. The van der Waals surface area contributed by atoms with Crippen LogP contribution in [-0.2, 0) is 4.79 Å². The van der Waals surface area contributed by atoms with Crippen molar-refractivity contribution in [3.8, 4) is 5.75 Å². The average molecular weight is 345 g/mol. The zero-order chi connectivity index (χ0) is 18.1. The van der Waals surface area contributed by atoms with Crippen molar-refractivity contribution in [2.75, 3.05) is 19.7 Å². The van der Waals surface area contributed by atoms with Gasteiger partial charge in [0.15, 0.2) is 5.78 Å². The molecule has 1 aliphatic heterocycles. The molecule has 4 heteroatoms. The van der Waals surface area contributed by atoms with Crippen molar-refractivity contribution in [1.29, 1.82) is 0 Å². The Kier molecular flexibility index (Phi) is 7.96. The first-order valence-electron chi connectivity index (χ1n) is 9.64. The van der Waals surface area contributed by atoms with Crippen LogP contribution in [0.1, 0.15) is 69.2 Å². The third-order valence-electron chi connectivity index (χ3n) is 4.90. The van der Waals surface area contributed by atoms with Crippen LogP contribution < -0.4 is 4.74 Å². The lowest BCUT2D eigenvalue weighted by molar-refractivity contribution is -0.132. The number of carbonyl (C=O) groups is 2. The molecule has 0 saturated carbocycles. The minimum atomic E-state index is 0.0243. The quantitative estimate of drug-likeness (QED) is 0.490. The van der Waals surface area contributed by atoms with Gasteiger partial charge in [-0.15, -0.1) is 0 Å². The summed E-state index contributed by atoms with van der Waals surface area (Å²) in [6.45, 7) is 6.76. The number of unbranched alkanes of at least 4 members (excludes halogenated alkanes) is 2. The topological polar surface area (TPSA) is 46.6 Å². The molecule has 25 heavy (non-hydrogen) atoms. The third kappa shape index (κ3) is 6.52. The molecule has 2 rings (SSSR count). The number of amides is 1. The van der Waals surface area contributed by atoms with Crippen molar-refractivity contribution in [2.45, 2.75) is 58.8 Å².